The third-order valence-electron chi connectivity index (χ3n) is 0.669. The lowest BCUT2D eigenvalue weighted by Gasteiger charge is -2.20. The normalized spacial score (nSPS) is 13.4. The maximum atomic E-state index is 11.6. The molecule has 0 amide bonds. The van der Waals surface area contributed by atoms with Crippen LogP contribution in [0.25, 0.3) is 0 Å². The van der Waals surface area contributed by atoms with Crippen LogP contribution in [-0.4, -0.2) is 15.5 Å². The van der Waals surface area contributed by atoms with Crippen molar-refractivity contribution in [2.24, 2.45) is 0 Å². The Hall–Kier alpha value is 0.450. The van der Waals surface area contributed by atoms with Crippen LogP contribution < -0.4 is 0 Å². The Morgan fingerprint density at radius 3 is 1.60 bits per heavy atom. The average Bonchev–Trinajstić information content (AvgIpc) is 1.62. The first-order valence-electron chi connectivity index (χ1n) is 1.91. The van der Waals surface area contributed by atoms with Gasteiger partial charge in [-0.25, -0.2) is 0 Å². The second-order valence-corrected chi connectivity index (χ2v) is 3.48. The largest absolute Gasteiger partial charge is 0.420 e. The van der Waals surface area contributed by atoms with E-state index in [1.165, 1.54) is 0 Å². The molecule has 0 aliphatic rings. The monoisotopic (exact) mass is 210 g/mol. The van der Waals surface area contributed by atoms with Gasteiger partial charge < -0.3 is 0 Å². The van der Waals surface area contributed by atoms with Gasteiger partial charge in [-0.15, -0.1) is 25.3 Å². The van der Waals surface area contributed by atoms with Gasteiger partial charge in [-0.2, -0.15) is 13.2 Å². The number of hydrogen-bond donors (Lipinski definition) is 2. The summed E-state index contributed by atoms with van der Waals surface area (Å²) in [6, 6.07) is 0. The molecule has 0 aliphatic carbocycles. The summed E-state index contributed by atoms with van der Waals surface area (Å²) in [5.41, 5.74) is 0. The van der Waals surface area contributed by atoms with E-state index < -0.39 is 15.5 Å². The zero-order chi connectivity index (χ0) is 8.58. The molecule has 0 spiro atoms. The van der Waals surface area contributed by atoms with Crippen LogP contribution in [0.5, 0.6) is 0 Å². The Morgan fingerprint density at radius 1 is 1.30 bits per heavy atom. The van der Waals surface area contributed by atoms with Crippen molar-refractivity contribution in [3.8, 4) is 0 Å². The Morgan fingerprint density at radius 2 is 1.60 bits per heavy atom. The number of carbonyl (C=O) groups is 1. The molecule has 10 heavy (non-hydrogen) atoms. The van der Waals surface area contributed by atoms with Gasteiger partial charge in [0.1, 0.15) is 0 Å². The number of carbonyl (C=O) groups excluding carboxylic acids is 1. The minimum absolute atomic E-state index is 1.66. The Kier molecular flexibility index (Phi) is 2.95. The lowest BCUT2D eigenvalue weighted by atomic mass is 10.4. The fourth-order valence-electron chi connectivity index (χ4n) is 0.111. The van der Waals surface area contributed by atoms with Crippen LogP contribution in [0.4, 0.5) is 13.2 Å². The van der Waals surface area contributed by atoms with Crippen LogP contribution in [0.1, 0.15) is 0 Å². The Bertz CT molecular complexity index is 154. The third-order valence-corrected chi connectivity index (χ3v) is 2.13. The molecule has 0 atom stereocenters. The first kappa shape index (κ1) is 10.4. The molecule has 1 nitrogen and oxygen atoms in total. The highest BCUT2D eigenvalue weighted by molar-refractivity contribution is 8.02. The van der Waals surface area contributed by atoms with Crippen LogP contribution in [0.3, 0.4) is 0 Å². The smallest absolute Gasteiger partial charge is 0.278 e. The molecule has 0 aromatic carbocycles. The summed E-state index contributed by atoms with van der Waals surface area (Å²) in [7, 11) is 0. The van der Waals surface area contributed by atoms with Crippen LogP contribution in [0.2, 0.25) is 0 Å². The highest BCUT2D eigenvalue weighted by atomic mass is 35.5. The second-order valence-electron chi connectivity index (χ2n) is 1.44. The van der Waals surface area contributed by atoms with Crippen molar-refractivity contribution in [1.29, 1.82) is 0 Å². The van der Waals surface area contributed by atoms with E-state index >= 15 is 0 Å². The predicted octanol–water partition coefficient (Wildman–Crippen LogP) is 1.87. The molecule has 60 valence electrons. The first-order chi connectivity index (χ1) is 4.19. The van der Waals surface area contributed by atoms with Gasteiger partial charge in [0.15, 0.2) is 0 Å². The van der Waals surface area contributed by atoms with Crippen LogP contribution in [-0.2, 0) is 4.79 Å². The summed E-state index contributed by atoms with van der Waals surface area (Å²) in [5.74, 6) is 0. The predicted molar refractivity (Wildman–Crippen MR) is 37.6 cm³/mol. The molecule has 0 radical (unpaired) electrons. The molecule has 0 bridgehead atoms. The molecular formula is C3H2ClF3OS2. The quantitative estimate of drug-likeness (QED) is 0.384. The molecule has 0 rings (SSSR count). The molecule has 0 fully saturated rings. The molecule has 7 heteroatoms. The van der Waals surface area contributed by atoms with Gasteiger partial charge in [-0.05, 0) is 11.6 Å². The van der Waals surface area contributed by atoms with E-state index in [2.05, 4.69) is 36.9 Å². The lowest BCUT2D eigenvalue weighted by molar-refractivity contribution is -0.148. The molecule has 0 aliphatic heterocycles. The van der Waals surface area contributed by atoms with E-state index in [0.29, 0.717) is 0 Å². The van der Waals surface area contributed by atoms with E-state index in [4.69, 9.17) is 0 Å². The van der Waals surface area contributed by atoms with Crippen LogP contribution >= 0.6 is 36.9 Å². The first-order valence-corrected chi connectivity index (χ1v) is 3.18. The van der Waals surface area contributed by atoms with Crippen molar-refractivity contribution in [3.05, 3.63) is 0 Å². The minimum Gasteiger partial charge on any atom is -0.278 e. The molecule has 0 unspecified atom stereocenters. The standard InChI is InChI=1S/C3H2ClF3OS2/c4-1(8)2(9,10)3(5,6)7/h9-10H. The average molecular weight is 211 g/mol. The Balaban J connectivity index is 4.57. The minimum atomic E-state index is -4.84. The van der Waals surface area contributed by atoms with Gasteiger partial charge in [0.25, 0.3) is 5.24 Å². The second kappa shape index (κ2) is 2.83. The highest BCUT2D eigenvalue weighted by Gasteiger charge is 2.54. The van der Waals surface area contributed by atoms with Gasteiger partial charge in [0.2, 0.25) is 4.08 Å². The van der Waals surface area contributed by atoms with E-state index in [9.17, 15) is 18.0 Å². The molecule has 0 saturated carbocycles. The lowest BCUT2D eigenvalue weighted by Crippen LogP contribution is -2.39. The zero-order valence-electron chi connectivity index (χ0n) is 4.31. The van der Waals surface area contributed by atoms with Gasteiger partial charge in [0, 0.05) is 0 Å². The SMILES string of the molecule is O=C(Cl)C(S)(S)C(F)(F)F. The number of hydrogen-bond acceptors (Lipinski definition) is 3. The Labute approximate surface area is 70.7 Å². The van der Waals surface area contributed by atoms with E-state index in [1.807, 2.05) is 0 Å². The number of thiol groups is 2. The van der Waals surface area contributed by atoms with Crippen molar-refractivity contribution in [1.82, 2.24) is 0 Å². The van der Waals surface area contributed by atoms with Crippen LogP contribution in [0, 0.1) is 0 Å². The summed E-state index contributed by atoms with van der Waals surface area (Å²) in [6.45, 7) is 0. The van der Waals surface area contributed by atoms with E-state index in [1.54, 1.807) is 0 Å². The number of halogens is 4. The van der Waals surface area contributed by atoms with Crippen molar-refractivity contribution < 1.29 is 18.0 Å². The molecule has 0 aromatic heterocycles. The van der Waals surface area contributed by atoms with Crippen molar-refractivity contribution in [2.75, 3.05) is 0 Å². The highest BCUT2D eigenvalue weighted by Crippen LogP contribution is 2.40. The van der Waals surface area contributed by atoms with Crippen molar-refractivity contribution in [3.63, 3.8) is 0 Å². The van der Waals surface area contributed by atoms with Crippen molar-refractivity contribution in [2.45, 2.75) is 10.3 Å². The zero-order valence-corrected chi connectivity index (χ0v) is 6.86. The molecule has 0 aromatic rings. The topological polar surface area (TPSA) is 17.1 Å². The van der Waals surface area contributed by atoms with Gasteiger partial charge in [-0.1, -0.05) is 0 Å². The van der Waals surface area contributed by atoms with Gasteiger partial charge >= 0.3 is 6.18 Å². The molecule has 0 heterocycles. The van der Waals surface area contributed by atoms with Gasteiger partial charge in [0.05, 0.1) is 0 Å². The fraction of sp³-hybridized carbons (Fsp3) is 0.667. The van der Waals surface area contributed by atoms with E-state index in [-0.39, 0.29) is 0 Å². The number of rotatable bonds is 1. The number of alkyl halides is 3. The molecule has 0 N–H and O–H groups in total. The molecule has 0 saturated heterocycles. The molecular weight excluding hydrogens is 209 g/mol. The summed E-state index contributed by atoms with van der Waals surface area (Å²) in [4.78, 5) is 10.0. The summed E-state index contributed by atoms with van der Waals surface area (Å²) < 4.78 is 31.8. The van der Waals surface area contributed by atoms with Crippen LogP contribution in [0.15, 0.2) is 0 Å². The summed E-state index contributed by atoms with van der Waals surface area (Å²) in [6.07, 6.45) is -4.84. The van der Waals surface area contributed by atoms with Gasteiger partial charge in [-0.3, -0.25) is 4.79 Å². The summed E-state index contributed by atoms with van der Waals surface area (Å²) >= 11 is 10.4. The summed E-state index contributed by atoms with van der Waals surface area (Å²) in [5, 5.41) is -1.66. The third kappa shape index (κ3) is 1.96. The maximum absolute atomic E-state index is 11.6. The van der Waals surface area contributed by atoms with Crippen molar-refractivity contribution >= 4 is 42.1 Å². The fourth-order valence-corrected chi connectivity index (χ4v) is 0.219. The van der Waals surface area contributed by atoms with E-state index in [0.717, 1.165) is 0 Å². The maximum Gasteiger partial charge on any atom is 0.420 e.